The first-order valence-corrected chi connectivity index (χ1v) is 6.84. The predicted octanol–water partition coefficient (Wildman–Crippen LogP) is 2.34. The summed E-state index contributed by atoms with van der Waals surface area (Å²) in [6.45, 7) is 0.790. The van der Waals surface area contributed by atoms with Crippen molar-refractivity contribution in [2.45, 2.75) is 4.83 Å². The minimum absolute atomic E-state index is 0.0700. The number of aliphatic imine (C=N–C) groups is 1. The number of nitrogens with one attached hydrogen (secondary N) is 1. The monoisotopic (exact) mass is 298 g/mol. The van der Waals surface area contributed by atoms with Crippen molar-refractivity contribution in [3.05, 3.63) is 35.9 Å². The van der Waals surface area contributed by atoms with E-state index in [0.717, 1.165) is 23.0 Å². The lowest BCUT2D eigenvalue weighted by Crippen LogP contribution is -2.30. The maximum atomic E-state index is 11.8. The van der Waals surface area contributed by atoms with Gasteiger partial charge >= 0.3 is 0 Å². The van der Waals surface area contributed by atoms with Crippen LogP contribution in [0.1, 0.15) is 10.4 Å². The molecule has 84 valence electrons. The fraction of sp³-hybridized carbons (Fsp3) is 0.273. The second-order valence-electron chi connectivity index (χ2n) is 3.30. The van der Waals surface area contributed by atoms with E-state index in [2.05, 4.69) is 26.2 Å². The van der Waals surface area contributed by atoms with Crippen molar-refractivity contribution in [3.63, 3.8) is 0 Å². The van der Waals surface area contributed by atoms with Gasteiger partial charge in [0.15, 0.2) is 5.17 Å². The molecule has 0 saturated carbocycles. The standard InChI is InChI=1S/C11H11BrN2OS/c12-9(8-4-2-1-3-5-8)10(15)14-11-13-6-7-16-11/h1-5,9H,6-7H2,(H,13,14,15)/t9-/m0/s1. The van der Waals surface area contributed by atoms with Crippen molar-refractivity contribution < 1.29 is 4.79 Å². The molecule has 0 aliphatic carbocycles. The Hall–Kier alpha value is -0.810. The van der Waals surface area contributed by atoms with E-state index in [1.165, 1.54) is 0 Å². The number of rotatable bonds is 2. The Bertz CT molecular complexity index is 408. The van der Waals surface area contributed by atoms with E-state index >= 15 is 0 Å². The Labute approximate surface area is 107 Å². The van der Waals surface area contributed by atoms with Crippen LogP contribution in [-0.4, -0.2) is 23.4 Å². The summed E-state index contributed by atoms with van der Waals surface area (Å²) in [5, 5.41) is 3.53. The van der Waals surface area contributed by atoms with Crippen LogP contribution in [0.25, 0.3) is 0 Å². The van der Waals surface area contributed by atoms with E-state index in [9.17, 15) is 4.79 Å². The highest BCUT2D eigenvalue weighted by molar-refractivity contribution is 9.09. The topological polar surface area (TPSA) is 41.5 Å². The zero-order valence-electron chi connectivity index (χ0n) is 8.52. The van der Waals surface area contributed by atoms with Gasteiger partial charge in [-0.25, -0.2) is 0 Å². The number of amides is 1. The van der Waals surface area contributed by atoms with E-state index in [4.69, 9.17) is 0 Å². The third-order valence-corrected chi connectivity index (χ3v) is 3.97. The summed E-state index contributed by atoms with van der Waals surface area (Å²) in [5.41, 5.74) is 0.948. The molecule has 1 N–H and O–H groups in total. The van der Waals surface area contributed by atoms with Crippen molar-refractivity contribution in [2.24, 2.45) is 4.99 Å². The molecule has 1 amide bonds. The molecule has 0 saturated heterocycles. The molecule has 0 fully saturated rings. The van der Waals surface area contributed by atoms with E-state index in [-0.39, 0.29) is 10.7 Å². The SMILES string of the molecule is O=C(NC1=NCCS1)[C@@H](Br)c1ccccc1. The number of alkyl halides is 1. The molecular weight excluding hydrogens is 288 g/mol. The van der Waals surface area contributed by atoms with Gasteiger partial charge in [-0.1, -0.05) is 58.0 Å². The summed E-state index contributed by atoms with van der Waals surface area (Å²) in [5.74, 6) is 0.882. The number of carbonyl (C=O) groups excluding carboxylic acids is 1. The number of amidine groups is 1. The molecule has 2 rings (SSSR count). The van der Waals surface area contributed by atoms with Crippen LogP contribution in [0.5, 0.6) is 0 Å². The molecule has 1 aromatic carbocycles. The highest BCUT2D eigenvalue weighted by atomic mass is 79.9. The third-order valence-electron chi connectivity index (χ3n) is 2.14. The van der Waals surface area contributed by atoms with Gasteiger partial charge in [0.25, 0.3) is 0 Å². The molecule has 1 heterocycles. The summed E-state index contributed by atoms with van der Waals surface area (Å²) in [4.78, 5) is 15.7. The minimum atomic E-state index is -0.322. The number of nitrogens with zero attached hydrogens (tertiary/aromatic N) is 1. The number of thioether (sulfide) groups is 1. The lowest BCUT2D eigenvalue weighted by atomic mass is 10.1. The summed E-state index contributed by atoms with van der Waals surface area (Å²) in [7, 11) is 0. The maximum absolute atomic E-state index is 11.8. The summed E-state index contributed by atoms with van der Waals surface area (Å²) in [6.07, 6.45) is 0. The highest BCUT2D eigenvalue weighted by Gasteiger charge is 2.19. The van der Waals surface area contributed by atoms with Gasteiger partial charge in [-0.05, 0) is 5.56 Å². The summed E-state index contributed by atoms with van der Waals surface area (Å²) < 4.78 is 0. The van der Waals surface area contributed by atoms with Crippen molar-refractivity contribution in [2.75, 3.05) is 12.3 Å². The van der Waals surface area contributed by atoms with Crippen LogP contribution in [0, 0.1) is 0 Å². The number of benzene rings is 1. The predicted molar refractivity (Wildman–Crippen MR) is 71.0 cm³/mol. The van der Waals surface area contributed by atoms with Gasteiger partial charge in [0.2, 0.25) is 5.91 Å². The van der Waals surface area contributed by atoms with Crippen LogP contribution >= 0.6 is 27.7 Å². The third kappa shape index (κ3) is 2.86. The average Bonchev–Trinajstić information content (AvgIpc) is 2.82. The Morgan fingerprint density at radius 2 is 2.19 bits per heavy atom. The molecule has 1 aliphatic rings. The molecule has 1 atom stereocenters. The van der Waals surface area contributed by atoms with Crippen molar-refractivity contribution in [1.82, 2.24) is 5.32 Å². The van der Waals surface area contributed by atoms with Crippen molar-refractivity contribution >= 4 is 38.8 Å². The fourth-order valence-corrected chi connectivity index (χ4v) is 2.50. The first kappa shape index (κ1) is 11.7. The smallest absolute Gasteiger partial charge is 0.244 e. The first-order chi connectivity index (χ1) is 7.77. The Kier molecular flexibility index (Phi) is 4.01. The fourth-order valence-electron chi connectivity index (χ4n) is 1.35. The van der Waals surface area contributed by atoms with Crippen LogP contribution in [0.2, 0.25) is 0 Å². The Morgan fingerprint density at radius 1 is 1.44 bits per heavy atom. The van der Waals surface area contributed by atoms with E-state index in [0.29, 0.717) is 0 Å². The lowest BCUT2D eigenvalue weighted by molar-refractivity contribution is -0.119. The van der Waals surface area contributed by atoms with Crippen LogP contribution in [0.3, 0.4) is 0 Å². The van der Waals surface area contributed by atoms with Gasteiger partial charge in [0, 0.05) is 5.75 Å². The highest BCUT2D eigenvalue weighted by Crippen LogP contribution is 2.23. The van der Waals surface area contributed by atoms with Crippen molar-refractivity contribution in [3.8, 4) is 0 Å². The van der Waals surface area contributed by atoms with Gasteiger partial charge in [-0.15, -0.1) is 0 Å². The number of halogens is 1. The first-order valence-electron chi connectivity index (χ1n) is 4.94. The van der Waals surface area contributed by atoms with E-state index in [1.807, 2.05) is 30.3 Å². The normalized spacial score (nSPS) is 16.7. The Morgan fingerprint density at radius 3 is 2.81 bits per heavy atom. The average molecular weight is 299 g/mol. The van der Waals surface area contributed by atoms with Gasteiger partial charge in [-0.2, -0.15) is 0 Å². The number of hydrogen-bond acceptors (Lipinski definition) is 3. The molecule has 3 nitrogen and oxygen atoms in total. The van der Waals surface area contributed by atoms with Crippen LogP contribution < -0.4 is 5.32 Å². The van der Waals surface area contributed by atoms with E-state index < -0.39 is 0 Å². The second-order valence-corrected chi connectivity index (χ2v) is 5.30. The van der Waals surface area contributed by atoms with Crippen LogP contribution in [-0.2, 0) is 4.79 Å². The zero-order chi connectivity index (χ0) is 11.4. The largest absolute Gasteiger partial charge is 0.304 e. The molecule has 0 aromatic heterocycles. The van der Waals surface area contributed by atoms with Crippen LogP contribution in [0.15, 0.2) is 35.3 Å². The molecule has 16 heavy (non-hydrogen) atoms. The molecule has 0 spiro atoms. The van der Waals surface area contributed by atoms with Crippen molar-refractivity contribution in [1.29, 1.82) is 0 Å². The van der Waals surface area contributed by atoms with Gasteiger partial charge < -0.3 is 5.32 Å². The molecule has 0 unspecified atom stereocenters. The minimum Gasteiger partial charge on any atom is -0.304 e. The maximum Gasteiger partial charge on any atom is 0.244 e. The Balaban J connectivity index is 1.99. The molecule has 5 heteroatoms. The summed E-state index contributed by atoms with van der Waals surface area (Å²) in [6, 6.07) is 9.60. The van der Waals surface area contributed by atoms with Gasteiger partial charge in [0.05, 0.1) is 6.54 Å². The van der Waals surface area contributed by atoms with Gasteiger partial charge in [0.1, 0.15) is 4.83 Å². The molecule has 1 aromatic rings. The molecule has 1 aliphatic heterocycles. The molecule has 0 radical (unpaired) electrons. The van der Waals surface area contributed by atoms with E-state index in [1.54, 1.807) is 11.8 Å². The quantitative estimate of drug-likeness (QED) is 0.852. The van der Waals surface area contributed by atoms with Crippen LogP contribution in [0.4, 0.5) is 0 Å². The number of hydrogen-bond donors (Lipinski definition) is 1. The zero-order valence-corrected chi connectivity index (χ0v) is 10.9. The second kappa shape index (κ2) is 5.50. The lowest BCUT2D eigenvalue weighted by Gasteiger charge is -2.10. The van der Waals surface area contributed by atoms with Gasteiger partial charge in [-0.3, -0.25) is 9.79 Å². The summed E-state index contributed by atoms with van der Waals surface area (Å²) >= 11 is 4.96. The number of carbonyl (C=O) groups is 1. The molecule has 0 bridgehead atoms. The molecular formula is C11H11BrN2OS.